The van der Waals surface area contributed by atoms with Gasteiger partial charge in [-0.3, -0.25) is 4.79 Å². The quantitative estimate of drug-likeness (QED) is 0.316. The fourth-order valence-corrected chi connectivity index (χ4v) is 3.17. The van der Waals surface area contributed by atoms with Crippen molar-refractivity contribution in [2.24, 2.45) is 4.99 Å². The smallest absolute Gasteiger partial charge is 0.225 e. The second-order valence-electron chi connectivity index (χ2n) is 6.85. The first-order chi connectivity index (χ1) is 12.0. The molecule has 0 aliphatic rings. The van der Waals surface area contributed by atoms with Gasteiger partial charge in [0.1, 0.15) is 0 Å². The second-order valence-corrected chi connectivity index (χ2v) is 7.65. The number of unbranched alkanes of at least 4 members (excludes halogenated alkanes) is 5. The van der Waals surface area contributed by atoms with Gasteiger partial charge in [0, 0.05) is 6.42 Å². The Morgan fingerprint density at radius 2 is 1.84 bits per heavy atom. The summed E-state index contributed by atoms with van der Waals surface area (Å²) in [6, 6.07) is 6.26. The molecule has 0 unspecified atom stereocenters. The van der Waals surface area contributed by atoms with Gasteiger partial charge in [-0.25, -0.2) is 4.99 Å². The Bertz CT molecular complexity index is 567. The summed E-state index contributed by atoms with van der Waals surface area (Å²) in [6.07, 6.45) is 9.68. The fourth-order valence-electron chi connectivity index (χ4n) is 2.77. The van der Waals surface area contributed by atoms with E-state index in [1.807, 2.05) is 6.26 Å². The lowest BCUT2D eigenvalue weighted by atomic mass is 9.98. The molecule has 0 heterocycles. The van der Waals surface area contributed by atoms with Crippen molar-refractivity contribution in [1.29, 1.82) is 0 Å². The summed E-state index contributed by atoms with van der Waals surface area (Å²) < 4.78 is 0. The van der Waals surface area contributed by atoms with E-state index in [2.05, 4.69) is 51.2 Å². The molecule has 0 fully saturated rings. The molecule has 1 aromatic rings. The topological polar surface area (TPSA) is 41.5 Å². The number of hydrogen-bond donors (Lipinski definition) is 1. The van der Waals surface area contributed by atoms with Crippen LogP contribution < -0.4 is 5.32 Å². The van der Waals surface area contributed by atoms with Crippen molar-refractivity contribution < 1.29 is 4.79 Å². The summed E-state index contributed by atoms with van der Waals surface area (Å²) in [6.45, 7) is 8.63. The molecule has 1 amide bonds. The summed E-state index contributed by atoms with van der Waals surface area (Å²) in [5, 5.41) is 3.67. The molecular weight excluding hydrogens is 328 g/mol. The van der Waals surface area contributed by atoms with Gasteiger partial charge in [-0.2, -0.15) is 0 Å². The number of benzene rings is 1. The molecule has 4 heteroatoms. The predicted octanol–water partition coefficient (Wildman–Crippen LogP) is 6.34. The largest absolute Gasteiger partial charge is 0.305 e. The lowest BCUT2D eigenvalue weighted by Crippen LogP contribution is -2.27. The van der Waals surface area contributed by atoms with Gasteiger partial charge in [0.2, 0.25) is 5.91 Å². The molecule has 0 spiro atoms. The van der Waals surface area contributed by atoms with E-state index >= 15 is 0 Å². The van der Waals surface area contributed by atoms with Gasteiger partial charge in [0.05, 0.1) is 5.69 Å². The first kappa shape index (κ1) is 21.8. The molecule has 0 radical (unpaired) electrons. The van der Waals surface area contributed by atoms with Crippen LogP contribution in [0.1, 0.15) is 82.8 Å². The van der Waals surface area contributed by atoms with Gasteiger partial charge in [0.25, 0.3) is 0 Å². The summed E-state index contributed by atoms with van der Waals surface area (Å²) in [4.78, 5) is 16.9. The standard InChI is InChI=1S/C21H34N2OS/c1-6-7-8-9-10-11-15-19(24)22-21(25-5)23-20-17(4)13-12-14-18(20)16(2)3/h12-14,16H,6-11,15H2,1-5H3,(H,22,23,24). The highest BCUT2D eigenvalue weighted by Crippen LogP contribution is 2.30. The van der Waals surface area contributed by atoms with E-state index in [1.165, 1.54) is 43.0 Å². The van der Waals surface area contributed by atoms with Crippen LogP contribution in [0.25, 0.3) is 0 Å². The number of hydrogen-bond acceptors (Lipinski definition) is 3. The van der Waals surface area contributed by atoms with Crippen LogP contribution in [0.15, 0.2) is 23.2 Å². The fraction of sp³-hybridized carbons (Fsp3) is 0.619. The number of aliphatic imine (C=N–C) groups is 1. The van der Waals surface area contributed by atoms with E-state index < -0.39 is 0 Å². The first-order valence-electron chi connectivity index (χ1n) is 9.51. The molecule has 0 bridgehead atoms. The number of amidine groups is 1. The molecule has 1 aromatic carbocycles. The third-order valence-electron chi connectivity index (χ3n) is 4.30. The molecule has 140 valence electrons. The zero-order valence-corrected chi connectivity index (χ0v) is 17.3. The summed E-state index contributed by atoms with van der Waals surface area (Å²) in [7, 11) is 0. The van der Waals surface area contributed by atoms with Crippen LogP contribution in [0.2, 0.25) is 0 Å². The Balaban J connectivity index is 2.64. The highest BCUT2D eigenvalue weighted by atomic mass is 32.2. The van der Waals surface area contributed by atoms with E-state index in [1.54, 1.807) is 0 Å². The first-order valence-corrected chi connectivity index (χ1v) is 10.7. The van der Waals surface area contributed by atoms with Crippen molar-refractivity contribution in [2.45, 2.75) is 78.6 Å². The maximum Gasteiger partial charge on any atom is 0.225 e. The zero-order valence-electron chi connectivity index (χ0n) is 16.5. The van der Waals surface area contributed by atoms with Gasteiger partial charge in [-0.15, -0.1) is 0 Å². The predicted molar refractivity (Wildman–Crippen MR) is 112 cm³/mol. The molecule has 0 aliphatic carbocycles. The summed E-state index contributed by atoms with van der Waals surface area (Å²) in [5.41, 5.74) is 3.35. The van der Waals surface area contributed by atoms with Crippen molar-refractivity contribution in [1.82, 2.24) is 5.32 Å². The molecular formula is C21H34N2OS. The average molecular weight is 363 g/mol. The molecule has 0 atom stereocenters. The third kappa shape index (κ3) is 8.08. The van der Waals surface area contributed by atoms with Crippen molar-refractivity contribution in [3.63, 3.8) is 0 Å². The highest BCUT2D eigenvalue weighted by Gasteiger charge is 2.11. The third-order valence-corrected chi connectivity index (χ3v) is 4.88. The minimum Gasteiger partial charge on any atom is -0.305 e. The normalized spacial score (nSPS) is 11.8. The van der Waals surface area contributed by atoms with Crippen LogP contribution in [0.3, 0.4) is 0 Å². The maximum absolute atomic E-state index is 12.2. The highest BCUT2D eigenvalue weighted by molar-refractivity contribution is 8.13. The summed E-state index contributed by atoms with van der Waals surface area (Å²) >= 11 is 1.49. The molecule has 0 saturated carbocycles. The van der Waals surface area contributed by atoms with E-state index in [0.717, 1.165) is 24.1 Å². The number of thioether (sulfide) groups is 1. The Labute approximate surface area is 158 Å². The molecule has 3 nitrogen and oxygen atoms in total. The Morgan fingerprint density at radius 3 is 2.48 bits per heavy atom. The lowest BCUT2D eigenvalue weighted by molar-refractivity contribution is -0.119. The SMILES string of the molecule is CCCCCCCCC(=O)NC(=Nc1c(C)cccc1C(C)C)SC. The number of rotatable bonds is 9. The molecule has 0 aliphatic heterocycles. The minimum atomic E-state index is 0.0725. The van der Waals surface area contributed by atoms with Crippen molar-refractivity contribution in [3.05, 3.63) is 29.3 Å². The van der Waals surface area contributed by atoms with Crippen LogP contribution in [0.4, 0.5) is 5.69 Å². The molecule has 25 heavy (non-hydrogen) atoms. The van der Waals surface area contributed by atoms with Gasteiger partial charge in [-0.05, 0) is 36.6 Å². The minimum absolute atomic E-state index is 0.0725. The van der Waals surface area contributed by atoms with E-state index in [0.29, 0.717) is 17.5 Å². The maximum atomic E-state index is 12.2. The van der Waals surface area contributed by atoms with Crippen molar-refractivity contribution in [3.8, 4) is 0 Å². The van der Waals surface area contributed by atoms with E-state index in [-0.39, 0.29) is 5.91 Å². The van der Waals surface area contributed by atoms with Gasteiger partial charge >= 0.3 is 0 Å². The average Bonchev–Trinajstić information content (AvgIpc) is 2.58. The van der Waals surface area contributed by atoms with Gasteiger partial charge in [0.15, 0.2) is 5.17 Å². The van der Waals surface area contributed by atoms with Crippen LogP contribution in [-0.4, -0.2) is 17.3 Å². The van der Waals surface area contributed by atoms with Crippen LogP contribution in [0, 0.1) is 6.92 Å². The second kappa shape index (κ2) is 12.1. The Hall–Kier alpha value is -1.29. The number of aryl methyl sites for hydroxylation is 1. The lowest BCUT2D eigenvalue weighted by Gasteiger charge is -2.13. The number of carbonyl (C=O) groups is 1. The number of amides is 1. The molecule has 1 N–H and O–H groups in total. The van der Waals surface area contributed by atoms with Crippen LogP contribution in [0.5, 0.6) is 0 Å². The van der Waals surface area contributed by atoms with Crippen LogP contribution in [-0.2, 0) is 4.79 Å². The number of nitrogens with one attached hydrogen (secondary N) is 1. The molecule has 1 rings (SSSR count). The van der Waals surface area contributed by atoms with Crippen molar-refractivity contribution >= 4 is 28.5 Å². The van der Waals surface area contributed by atoms with E-state index in [9.17, 15) is 4.79 Å². The van der Waals surface area contributed by atoms with Crippen molar-refractivity contribution in [2.75, 3.05) is 6.26 Å². The monoisotopic (exact) mass is 362 g/mol. The van der Waals surface area contributed by atoms with Gasteiger partial charge in [-0.1, -0.05) is 82.8 Å². The summed E-state index contributed by atoms with van der Waals surface area (Å²) in [5.74, 6) is 0.476. The van der Waals surface area contributed by atoms with E-state index in [4.69, 9.17) is 4.99 Å². The van der Waals surface area contributed by atoms with Crippen LogP contribution >= 0.6 is 11.8 Å². The molecule has 0 aromatic heterocycles. The number of carbonyl (C=O) groups excluding carboxylic acids is 1. The zero-order chi connectivity index (χ0) is 18.7. The Morgan fingerprint density at radius 1 is 1.16 bits per heavy atom. The molecule has 0 saturated heterocycles. The number of nitrogens with zero attached hydrogens (tertiary/aromatic N) is 1. The van der Waals surface area contributed by atoms with Gasteiger partial charge < -0.3 is 5.32 Å². The Kier molecular flexibility index (Phi) is 10.6. The number of para-hydroxylation sites is 1.